The van der Waals surface area contributed by atoms with E-state index in [0.29, 0.717) is 52.8 Å². The predicted octanol–water partition coefficient (Wildman–Crippen LogP) is 5.33. The Hall–Kier alpha value is -3.98. The number of amides is 2. The van der Waals surface area contributed by atoms with Crippen LogP contribution < -0.4 is 25.0 Å². The summed E-state index contributed by atoms with van der Waals surface area (Å²) in [5.74, 6) is 0.927. The minimum atomic E-state index is -0.763. The number of hydrazine groups is 1. The van der Waals surface area contributed by atoms with Crippen molar-refractivity contribution in [2.24, 2.45) is 0 Å². The summed E-state index contributed by atoms with van der Waals surface area (Å²) >= 11 is 3.42. The van der Waals surface area contributed by atoms with Crippen molar-refractivity contribution in [1.29, 1.82) is 0 Å². The Morgan fingerprint density at radius 1 is 1.11 bits per heavy atom. The molecule has 0 saturated heterocycles. The summed E-state index contributed by atoms with van der Waals surface area (Å²) in [6.07, 6.45) is 0.876. The molecule has 3 aromatic carbocycles. The van der Waals surface area contributed by atoms with E-state index in [0.717, 1.165) is 4.47 Å². The van der Waals surface area contributed by atoms with E-state index in [1.165, 1.54) is 5.01 Å². The van der Waals surface area contributed by atoms with Gasteiger partial charge in [0.2, 0.25) is 0 Å². The van der Waals surface area contributed by atoms with Gasteiger partial charge in [-0.15, -0.1) is 0 Å². The Balaban J connectivity index is 1.71. The zero-order chi connectivity index (χ0) is 25.7. The van der Waals surface area contributed by atoms with E-state index in [1.54, 1.807) is 61.7 Å². The lowest BCUT2D eigenvalue weighted by molar-refractivity contribution is 0.0488. The minimum absolute atomic E-state index is 0.360. The van der Waals surface area contributed by atoms with E-state index in [1.807, 2.05) is 19.1 Å². The molecule has 2 amide bonds. The number of fused-ring (bicyclic) bond motifs is 1. The SMILES string of the molecule is C=CCOc1ccc(C(=O)NN2C(=O)c3cc(Br)ccc3N[C@H]2c2cc(OCC)ccc2OC)cc1. The maximum Gasteiger partial charge on any atom is 0.276 e. The normalized spacial score (nSPS) is 14.4. The van der Waals surface area contributed by atoms with Crippen molar-refractivity contribution in [3.8, 4) is 17.2 Å². The molecule has 0 bridgehead atoms. The summed E-state index contributed by atoms with van der Waals surface area (Å²) < 4.78 is 17.5. The predicted molar refractivity (Wildman–Crippen MR) is 140 cm³/mol. The molecule has 0 radical (unpaired) electrons. The first-order valence-electron chi connectivity index (χ1n) is 11.3. The standard InChI is InChI=1S/C27H26BrN3O5/c1-4-14-36-19-9-6-17(7-10-19)26(32)30-31-25(22-16-20(35-5-2)11-13-24(22)34-3)29-23-12-8-18(28)15-21(23)27(31)33/h4,6-13,15-16,25,29H,1,5,14H2,2-3H3,(H,30,32)/t25-/m1/s1. The average Bonchev–Trinajstić information content (AvgIpc) is 2.89. The van der Waals surface area contributed by atoms with Gasteiger partial charge >= 0.3 is 0 Å². The fraction of sp³-hybridized carbons (Fsp3) is 0.185. The second-order valence-electron chi connectivity index (χ2n) is 7.81. The molecule has 0 saturated carbocycles. The number of ether oxygens (including phenoxy) is 3. The fourth-order valence-corrected chi connectivity index (χ4v) is 4.19. The zero-order valence-corrected chi connectivity index (χ0v) is 21.5. The number of rotatable bonds is 9. The van der Waals surface area contributed by atoms with Crippen LogP contribution in [0.2, 0.25) is 0 Å². The number of nitrogens with zero attached hydrogens (tertiary/aromatic N) is 1. The monoisotopic (exact) mass is 551 g/mol. The van der Waals surface area contributed by atoms with Crippen molar-refractivity contribution in [1.82, 2.24) is 10.4 Å². The highest BCUT2D eigenvalue weighted by Gasteiger charge is 2.36. The molecule has 0 unspecified atom stereocenters. The number of halogens is 1. The molecular weight excluding hydrogens is 526 g/mol. The van der Waals surface area contributed by atoms with Crippen LogP contribution in [0.15, 0.2) is 77.8 Å². The number of carbonyl (C=O) groups is 2. The van der Waals surface area contributed by atoms with E-state index < -0.39 is 12.1 Å². The summed E-state index contributed by atoms with van der Waals surface area (Å²) in [5, 5.41) is 4.63. The molecule has 4 rings (SSSR count). The lowest BCUT2D eigenvalue weighted by Crippen LogP contribution is -2.53. The summed E-state index contributed by atoms with van der Waals surface area (Å²) in [4.78, 5) is 26.9. The highest BCUT2D eigenvalue weighted by Crippen LogP contribution is 2.38. The highest BCUT2D eigenvalue weighted by atomic mass is 79.9. The molecule has 1 aliphatic heterocycles. The minimum Gasteiger partial charge on any atom is -0.496 e. The van der Waals surface area contributed by atoms with Crippen molar-refractivity contribution in [2.75, 3.05) is 25.6 Å². The maximum atomic E-state index is 13.7. The van der Waals surface area contributed by atoms with Crippen LogP contribution in [0.3, 0.4) is 0 Å². The molecule has 1 atom stereocenters. The van der Waals surface area contributed by atoms with E-state index in [4.69, 9.17) is 14.2 Å². The van der Waals surface area contributed by atoms with Gasteiger partial charge in [0.05, 0.1) is 19.3 Å². The lowest BCUT2D eigenvalue weighted by atomic mass is 10.0. The van der Waals surface area contributed by atoms with Gasteiger partial charge in [-0.1, -0.05) is 28.6 Å². The quantitative estimate of drug-likeness (QED) is 0.349. The van der Waals surface area contributed by atoms with Crippen LogP contribution in [0.5, 0.6) is 17.2 Å². The van der Waals surface area contributed by atoms with Crippen LogP contribution in [0.1, 0.15) is 39.4 Å². The van der Waals surface area contributed by atoms with Crippen LogP contribution in [0, 0.1) is 0 Å². The van der Waals surface area contributed by atoms with E-state index in [2.05, 4.69) is 33.3 Å². The molecule has 0 aliphatic carbocycles. The van der Waals surface area contributed by atoms with Gasteiger partial charge in [0.15, 0.2) is 6.17 Å². The largest absolute Gasteiger partial charge is 0.496 e. The second-order valence-corrected chi connectivity index (χ2v) is 8.73. The number of hydrogen-bond acceptors (Lipinski definition) is 6. The summed E-state index contributed by atoms with van der Waals surface area (Å²) in [7, 11) is 1.55. The molecule has 0 fully saturated rings. The van der Waals surface area contributed by atoms with Gasteiger partial charge in [-0.25, -0.2) is 5.01 Å². The molecule has 0 spiro atoms. The molecule has 36 heavy (non-hydrogen) atoms. The van der Waals surface area contributed by atoms with Gasteiger partial charge < -0.3 is 19.5 Å². The Morgan fingerprint density at radius 2 is 1.86 bits per heavy atom. The van der Waals surface area contributed by atoms with Crippen LogP contribution in [-0.2, 0) is 0 Å². The second kappa shape index (κ2) is 11.2. The van der Waals surface area contributed by atoms with Crippen LogP contribution in [-0.4, -0.2) is 37.1 Å². The van der Waals surface area contributed by atoms with Crippen molar-refractivity contribution in [2.45, 2.75) is 13.1 Å². The molecule has 1 aliphatic rings. The first-order chi connectivity index (χ1) is 17.4. The Morgan fingerprint density at radius 3 is 2.56 bits per heavy atom. The molecule has 2 N–H and O–H groups in total. The van der Waals surface area contributed by atoms with E-state index in [9.17, 15) is 9.59 Å². The van der Waals surface area contributed by atoms with Crippen molar-refractivity contribution >= 4 is 33.4 Å². The third-order valence-electron chi connectivity index (χ3n) is 5.49. The molecular formula is C27H26BrN3O5. The van der Waals surface area contributed by atoms with Crippen LogP contribution >= 0.6 is 15.9 Å². The van der Waals surface area contributed by atoms with Crippen LogP contribution in [0.25, 0.3) is 0 Å². The van der Waals surface area contributed by atoms with Crippen molar-refractivity contribution in [3.63, 3.8) is 0 Å². The molecule has 3 aromatic rings. The number of methoxy groups -OCH3 is 1. The highest BCUT2D eigenvalue weighted by molar-refractivity contribution is 9.10. The average molecular weight is 552 g/mol. The van der Waals surface area contributed by atoms with Gasteiger partial charge in [0.25, 0.3) is 11.8 Å². The van der Waals surface area contributed by atoms with E-state index >= 15 is 0 Å². The molecule has 0 aromatic heterocycles. The van der Waals surface area contributed by atoms with Gasteiger partial charge in [0, 0.05) is 21.3 Å². The lowest BCUT2D eigenvalue weighted by Gasteiger charge is -2.38. The number of anilines is 1. The summed E-state index contributed by atoms with van der Waals surface area (Å²) in [6.45, 7) is 6.35. The van der Waals surface area contributed by atoms with Gasteiger partial charge in [0.1, 0.15) is 23.9 Å². The third kappa shape index (κ3) is 5.31. The van der Waals surface area contributed by atoms with Crippen molar-refractivity contribution in [3.05, 3.63) is 94.5 Å². The Kier molecular flexibility index (Phi) is 7.80. The molecule has 186 valence electrons. The molecule has 1 heterocycles. The molecule has 8 nitrogen and oxygen atoms in total. The van der Waals surface area contributed by atoms with Gasteiger partial charge in [-0.05, 0) is 67.6 Å². The van der Waals surface area contributed by atoms with Crippen LogP contribution in [0.4, 0.5) is 5.69 Å². The molecule has 9 heteroatoms. The summed E-state index contributed by atoms with van der Waals surface area (Å²) in [6, 6.07) is 17.4. The Bertz CT molecular complexity index is 1280. The third-order valence-corrected chi connectivity index (χ3v) is 5.99. The smallest absolute Gasteiger partial charge is 0.276 e. The van der Waals surface area contributed by atoms with E-state index in [-0.39, 0.29) is 5.91 Å². The van der Waals surface area contributed by atoms with Gasteiger partial charge in [-0.3, -0.25) is 15.0 Å². The number of hydrogen-bond donors (Lipinski definition) is 2. The number of benzene rings is 3. The summed E-state index contributed by atoms with van der Waals surface area (Å²) in [5.41, 5.74) is 4.80. The van der Waals surface area contributed by atoms with Crippen molar-refractivity contribution < 1.29 is 23.8 Å². The number of carbonyl (C=O) groups excluding carboxylic acids is 2. The fourth-order valence-electron chi connectivity index (χ4n) is 3.82. The Labute approximate surface area is 217 Å². The topological polar surface area (TPSA) is 89.1 Å². The maximum absolute atomic E-state index is 13.7. The number of nitrogens with one attached hydrogen (secondary N) is 2. The van der Waals surface area contributed by atoms with Gasteiger partial charge in [-0.2, -0.15) is 0 Å². The zero-order valence-electron chi connectivity index (χ0n) is 19.9. The first kappa shape index (κ1) is 25.1. The first-order valence-corrected chi connectivity index (χ1v) is 12.1.